The molecular weight excluding hydrogens is 368 g/mol. The summed E-state index contributed by atoms with van der Waals surface area (Å²) < 4.78 is 12.0. The van der Waals surface area contributed by atoms with E-state index >= 15 is 0 Å². The fourth-order valence-electron chi connectivity index (χ4n) is 3.74. The van der Waals surface area contributed by atoms with E-state index in [9.17, 15) is 9.59 Å². The maximum atomic E-state index is 12.6. The molecule has 5 rings (SSSR count). The third kappa shape index (κ3) is 2.99. The highest BCUT2D eigenvalue weighted by Crippen LogP contribution is 2.36. The number of cyclic esters (lactones) is 1. The van der Waals surface area contributed by atoms with Gasteiger partial charge < -0.3 is 19.4 Å². The fourth-order valence-corrected chi connectivity index (χ4v) is 3.74. The van der Waals surface area contributed by atoms with Gasteiger partial charge in [-0.3, -0.25) is 4.79 Å². The van der Waals surface area contributed by atoms with Crippen LogP contribution in [0.1, 0.15) is 21.5 Å². The lowest BCUT2D eigenvalue weighted by Gasteiger charge is -2.09. The summed E-state index contributed by atoms with van der Waals surface area (Å²) >= 11 is 0. The standard InChI is InChI=1S/C23H18N2O4/c1-28-17-5-2-14(3-6-17)15-4-7-18-20(22(26)24-21(18)10-15)13-25-11-16-8-9-29-23(27)19(16)12-25/h2-7,10-13H,8-9H2,1H3,(H,24,26). The van der Waals surface area contributed by atoms with E-state index in [1.165, 1.54) is 0 Å². The minimum Gasteiger partial charge on any atom is -0.497 e. The van der Waals surface area contributed by atoms with E-state index in [0.29, 0.717) is 24.2 Å². The molecule has 0 saturated carbocycles. The SMILES string of the molecule is COc1ccc(-c2ccc3c(c2)NC(=O)C3=Cn2cc3c(c2)C(=O)OCC3)cc1. The van der Waals surface area contributed by atoms with Gasteiger partial charge in [-0.25, -0.2) is 4.79 Å². The van der Waals surface area contributed by atoms with Gasteiger partial charge in [0.2, 0.25) is 0 Å². The van der Waals surface area contributed by atoms with Crippen molar-refractivity contribution in [3.8, 4) is 16.9 Å². The van der Waals surface area contributed by atoms with Crippen LogP contribution >= 0.6 is 0 Å². The van der Waals surface area contributed by atoms with Crippen molar-refractivity contribution in [3.63, 3.8) is 0 Å². The van der Waals surface area contributed by atoms with Crippen LogP contribution < -0.4 is 10.1 Å². The maximum Gasteiger partial charge on any atom is 0.339 e. The molecule has 2 aliphatic heterocycles. The summed E-state index contributed by atoms with van der Waals surface area (Å²) in [5.74, 6) is 0.316. The van der Waals surface area contributed by atoms with Crippen LogP contribution in [0.25, 0.3) is 22.9 Å². The highest BCUT2D eigenvalue weighted by molar-refractivity contribution is 6.34. The van der Waals surface area contributed by atoms with Gasteiger partial charge in [-0.05, 0) is 34.9 Å². The smallest absolute Gasteiger partial charge is 0.339 e. The molecule has 0 unspecified atom stereocenters. The zero-order chi connectivity index (χ0) is 20.0. The van der Waals surface area contributed by atoms with E-state index in [4.69, 9.17) is 9.47 Å². The monoisotopic (exact) mass is 386 g/mol. The second-order valence-corrected chi connectivity index (χ2v) is 7.02. The van der Waals surface area contributed by atoms with Crippen molar-refractivity contribution in [2.45, 2.75) is 6.42 Å². The van der Waals surface area contributed by atoms with Crippen LogP contribution in [0.3, 0.4) is 0 Å². The van der Waals surface area contributed by atoms with Crippen LogP contribution in [0.2, 0.25) is 0 Å². The number of benzene rings is 2. The molecule has 0 atom stereocenters. The van der Waals surface area contributed by atoms with Crippen LogP contribution in [-0.4, -0.2) is 30.2 Å². The second-order valence-electron chi connectivity index (χ2n) is 7.02. The molecule has 0 radical (unpaired) electrons. The number of carbonyl (C=O) groups excluding carboxylic acids is 2. The van der Waals surface area contributed by atoms with E-state index in [-0.39, 0.29) is 11.9 Å². The number of methoxy groups -OCH3 is 1. The quantitative estimate of drug-likeness (QED) is 0.549. The lowest BCUT2D eigenvalue weighted by atomic mass is 10.0. The molecule has 6 nitrogen and oxygen atoms in total. The Morgan fingerprint density at radius 2 is 1.83 bits per heavy atom. The molecule has 144 valence electrons. The normalized spacial score (nSPS) is 16.2. The summed E-state index contributed by atoms with van der Waals surface area (Å²) in [4.78, 5) is 24.4. The number of hydrogen-bond donors (Lipinski definition) is 1. The van der Waals surface area contributed by atoms with Crippen molar-refractivity contribution in [2.24, 2.45) is 0 Å². The van der Waals surface area contributed by atoms with Crippen molar-refractivity contribution in [1.29, 1.82) is 0 Å². The van der Waals surface area contributed by atoms with E-state index in [1.54, 1.807) is 24.1 Å². The summed E-state index contributed by atoms with van der Waals surface area (Å²) in [6.07, 6.45) is 6.02. The number of hydrogen-bond acceptors (Lipinski definition) is 4. The first kappa shape index (κ1) is 17.3. The minimum atomic E-state index is -0.316. The lowest BCUT2D eigenvalue weighted by molar-refractivity contribution is -0.110. The highest BCUT2D eigenvalue weighted by atomic mass is 16.5. The molecule has 0 aliphatic carbocycles. The number of fused-ring (bicyclic) bond motifs is 2. The number of ether oxygens (including phenoxy) is 2. The fraction of sp³-hybridized carbons (Fsp3) is 0.130. The molecular formula is C23H18N2O4. The van der Waals surface area contributed by atoms with Crippen molar-refractivity contribution in [3.05, 3.63) is 71.5 Å². The molecule has 3 heterocycles. The topological polar surface area (TPSA) is 69.6 Å². The third-order valence-electron chi connectivity index (χ3n) is 5.26. The van der Waals surface area contributed by atoms with E-state index < -0.39 is 0 Å². The Balaban J connectivity index is 1.49. The Hall–Kier alpha value is -3.80. The molecule has 0 saturated heterocycles. The largest absolute Gasteiger partial charge is 0.497 e. The van der Waals surface area contributed by atoms with Gasteiger partial charge in [-0.15, -0.1) is 0 Å². The number of carbonyl (C=O) groups is 2. The molecule has 0 spiro atoms. The molecule has 1 amide bonds. The Morgan fingerprint density at radius 3 is 2.59 bits per heavy atom. The van der Waals surface area contributed by atoms with Gasteiger partial charge in [0.25, 0.3) is 5.91 Å². The number of esters is 1. The number of amides is 1. The molecule has 0 bridgehead atoms. The second kappa shape index (κ2) is 6.67. The number of nitrogens with one attached hydrogen (secondary N) is 1. The Labute approximate surface area is 167 Å². The highest BCUT2D eigenvalue weighted by Gasteiger charge is 2.26. The van der Waals surface area contributed by atoms with E-state index in [0.717, 1.165) is 33.7 Å². The molecule has 2 aliphatic rings. The van der Waals surface area contributed by atoms with Crippen LogP contribution in [0.4, 0.5) is 5.69 Å². The van der Waals surface area contributed by atoms with Gasteiger partial charge >= 0.3 is 5.97 Å². The molecule has 3 aromatic rings. The summed E-state index contributed by atoms with van der Waals surface area (Å²) in [6, 6.07) is 13.7. The summed E-state index contributed by atoms with van der Waals surface area (Å²) in [5.41, 5.74) is 5.70. The summed E-state index contributed by atoms with van der Waals surface area (Å²) in [6.45, 7) is 0.393. The average Bonchev–Trinajstić information content (AvgIpc) is 3.29. The van der Waals surface area contributed by atoms with Gasteiger partial charge in [0, 0.05) is 36.3 Å². The summed E-state index contributed by atoms with van der Waals surface area (Å²) in [5, 5.41) is 2.93. The molecule has 29 heavy (non-hydrogen) atoms. The Bertz CT molecular complexity index is 1170. The number of rotatable bonds is 3. The molecule has 6 heteroatoms. The van der Waals surface area contributed by atoms with Crippen LogP contribution in [0.5, 0.6) is 5.75 Å². The third-order valence-corrected chi connectivity index (χ3v) is 5.26. The number of aromatic nitrogens is 1. The van der Waals surface area contributed by atoms with Crippen molar-refractivity contribution in [1.82, 2.24) is 4.57 Å². The Morgan fingerprint density at radius 1 is 1.03 bits per heavy atom. The number of nitrogens with zero attached hydrogens (tertiary/aromatic N) is 1. The average molecular weight is 386 g/mol. The maximum absolute atomic E-state index is 12.6. The van der Waals surface area contributed by atoms with Crippen LogP contribution in [0.15, 0.2) is 54.9 Å². The van der Waals surface area contributed by atoms with Crippen LogP contribution in [-0.2, 0) is 16.0 Å². The van der Waals surface area contributed by atoms with Crippen molar-refractivity contribution in [2.75, 3.05) is 19.0 Å². The first-order valence-corrected chi connectivity index (χ1v) is 9.32. The zero-order valence-corrected chi connectivity index (χ0v) is 15.8. The van der Waals surface area contributed by atoms with Gasteiger partial charge in [0.05, 0.1) is 24.9 Å². The first-order valence-electron chi connectivity index (χ1n) is 9.32. The Kier molecular flexibility index (Phi) is 3.98. The zero-order valence-electron chi connectivity index (χ0n) is 15.8. The van der Waals surface area contributed by atoms with Crippen molar-refractivity contribution < 1.29 is 19.1 Å². The molecule has 0 fully saturated rings. The van der Waals surface area contributed by atoms with Gasteiger partial charge in [-0.1, -0.05) is 24.3 Å². The summed E-state index contributed by atoms with van der Waals surface area (Å²) in [7, 11) is 1.64. The van der Waals surface area contributed by atoms with Crippen LogP contribution in [0, 0.1) is 0 Å². The minimum absolute atomic E-state index is 0.166. The molecule has 2 aromatic carbocycles. The molecule has 1 N–H and O–H groups in total. The molecule has 1 aromatic heterocycles. The van der Waals surface area contributed by atoms with Crippen molar-refractivity contribution >= 4 is 29.3 Å². The first-order chi connectivity index (χ1) is 14.1. The van der Waals surface area contributed by atoms with Gasteiger partial charge in [-0.2, -0.15) is 0 Å². The predicted octanol–water partition coefficient (Wildman–Crippen LogP) is 3.83. The number of anilines is 1. The predicted molar refractivity (Wildman–Crippen MR) is 110 cm³/mol. The van der Waals surface area contributed by atoms with E-state index in [1.807, 2.05) is 48.7 Å². The van der Waals surface area contributed by atoms with Gasteiger partial charge in [0.1, 0.15) is 5.75 Å². The van der Waals surface area contributed by atoms with Gasteiger partial charge in [0.15, 0.2) is 0 Å². The van der Waals surface area contributed by atoms with E-state index in [2.05, 4.69) is 5.32 Å². The lowest BCUT2D eigenvalue weighted by Crippen LogP contribution is -2.15.